The first-order valence-corrected chi connectivity index (χ1v) is 16.6. The summed E-state index contributed by atoms with van der Waals surface area (Å²) in [5, 5.41) is 2.09. The van der Waals surface area contributed by atoms with Crippen LogP contribution in [0.2, 0.25) is 0 Å². The second-order valence-electron chi connectivity index (χ2n) is 11.3. The Morgan fingerprint density at radius 1 is 0.872 bits per heavy atom. The number of hydrogen-bond donors (Lipinski definition) is 1. The number of nitrogens with one attached hydrogen (secondary N) is 1. The zero-order chi connectivity index (χ0) is 35.0. The van der Waals surface area contributed by atoms with Gasteiger partial charge in [0.1, 0.15) is 18.8 Å². The maximum Gasteiger partial charge on any atom is 0.303 e. The Morgan fingerprint density at radius 3 is 2.09 bits per heavy atom. The number of hydrogen-bond acceptors (Lipinski definition) is 13. The van der Waals surface area contributed by atoms with Crippen molar-refractivity contribution in [2.24, 2.45) is 0 Å². The van der Waals surface area contributed by atoms with Gasteiger partial charge in [0.05, 0.1) is 12.6 Å². The quantitative estimate of drug-likeness (QED) is 0.102. The Kier molecular flexibility index (Phi) is 16.9. The highest BCUT2D eigenvalue weighted by Gasteiger charge is 2.58. The summed E-state index contributed by atoms with van der Waals surface area (Å²) in [5.74, 6) is -5.71. The summed E-state index contributed by atoms with van der Waals surface area (Å²) in [4.78, 5) is 76.1. The molecular weight excluding hydrogens is 634 g/mol. The van der Waals surface area contributed by atoms with Gasteiger partial charge in [-0.15, -0.1) is 0 Å². The second-order valence-corrected chi connectivity index (χ2v) is 12.3. The molecule has 0 radical (unpaired) electrons. The smallest absolute Gasteiger partial charge is 0.303 e. The molecule has 1 heterocycles. The van der Waals surface area contributed by atoms with Crippen LogP contribution in [0.4, 0.5) is 0 Å². The average molecular weight is 682 g/mol. The van der Waals surface area contributed by atoms with Crippen molar-refractivity contribution in [3.8, 4) is 0 Å². The monoisotopic (exact) mass is 681 g/mol. The number of rotatable bonds is 18. The Morgan fingerprint density at radius 2 is 1.51 bits per heavy atom. The third-order valence-electron chi connectivity index (χ3n) is 7.10. The van der Waals surface area contributed by atoms with Gasteiger partial charge in [0.15, 0.2) is 12.2 Å². The molecule has 1 fully saturated rings. The van der Waals surface area contributed by atoms with Crippen LogP contribution in [-0.2, 0) is 57.2 Å². The van der Waals surface area contributed by atoms with E-state index >= 15 is 0 Å². The van der Waals surface area contributed by atoms with Crippen molar-refractivity contribution >= 4 is 46.7 Å². The van der Waals surface area contributed by atoms with Gasteiger partial charge in [-0.25, -0.2) is 0 Å². The van der Waals surface area contributed by atoms with Gasteiger partial charge in [0.2, 0.25) is 11.7 Å². The molecule has 0 aromatic heterocycles. The minimum Gasteiger partial charge on any atom is -0.462 e. The van der Waals surface area contributed by atoms with E-state index in [0.29, 0.717) is 11.3 Å². The van der Waals surface area contributed by atoms with Crippen LogP contribution in [0, 0.1) is 0 Å². The molecule has 13 nitrogen and oxygen atoms in total. The molecule has 262 valence electrons. The summed E-state index contributed by atoms with van der Waals surface area (Å²) in [5.41, 5.74) is 0. The van der Waals surface area contributed by atoms with Gasteiger partial charge in [-0.2, -0.15) is 0 Å². The van der Waals surface area contributed by atoms with Crippen LogP contribution in [0.25, 0.3) is 0 Å². The molecule has 47 heavy (non-hydrogen) atoms. The van der Waals surface area contributed by atoms with Gasteiger partial charge in [-0.3, -0.25) is 28.8 Å². The lowest BCUT2D eigenvalue weighted by Gasteiger charge is -2.49. The van der Waals surface area contributed by atoms with E-state index in [9.17, 15) is 28.8 Å². The predicted octanol–water partition coefficient (Wildman–Crippen LogP) is 4.03. The van der Waals surface area contributed by atoms with Crippen molar-refractivity contribution in [1.82, 2.24) is 5.32 Å². The van der Waals surface area contributed by atoms with Crippen LogP contribution in [0.3, 0.4) is 0 Å². The summed E-state index contributed by atoms with van der Waals surface area (Å²) >= 11 is 0.842. The number of unbranched alkanes of at least 4 members (excludes halogenated alkanes) is 5. The zero-order valence-electron chi connectivity index (χ0n) is 27.9. The van der Waals surface area contributed by atoms with Gasteiger partial charge in [0, 0.05) is 45.9 Å². The van der Waals surface area contributed by atoms with Crippen LogP contribution in [0.5, 0.6) is 0 Å². The lowest BCUT2D eigenvalue weighted by molar-refractivity contribution is -0.302. The number of carbonyl (C=O) groups is 6. The Balaban J connectivity index is 2.68. The van der Waals surface area contributed by atoms with Gasteiger partial charge in [-0.05, 0) is 30.3 Å². The highest BCUT2D eigenvalue weighted by atomic mass is 32.2. The van der Waals surface area contributed by atoms with Crippen molar-refractivity contribution < 1.29 is 57.2 Å². The fraction of sp³-hybridized carbons (Fsp3) is 0.636. The fourth-order valence-electron chi connectivity index (χ4n) is 5.18. The number of ether oxygens (including phenoxy) is 6. The molecular formula is C33H47NO12S. The third-order valence-corrected chi connectivity index (χ3v) is 8.10. The molecule has 1 N–H and O–H groups in total. The summed E-state index contributed by atoms with van der Waals surface area (Å²) in [7, 11) is 0. The van der Waals surface area contributed by atoms with E-state index in [0.717, 1.165) is 64.6 Å². The number of carbonyl (C=O) groups excluding carboxylic acids is 6. The molecule has 0 saturated carbocycles. The molecule has 1 aliphatic heterocycles. The Hall–Kier alpha value is -3.49. The van der Waals surface area contributed by atoms with Gasteiger partial charge >= 0.3 is 23.9 Å². The van der Waals surface area contributed by atoms with Crippen molar-refractivity contribution in [1.29, 1.82) is 0 Å². The second kappa shape index (κ2) is 20.0. The summed E-state index contributed by atoms with van der Waals surface area (Å²) in [6, 6.07) is 7.54. The predicted molar refractivity (Wildman–Crippen MR) is 170 cm³/mol. The van der Waals surface area contributed by atoms with Gasteiger partial charge in [-0.1, -0.05) is 57.2 Å². The number of benzene rings is 1. The van der Waals surface area contributed by atoms with E-state index in [-0.39, 0.29) is 13.0 Å². The van der Waals surface area contributed by atoms with Crippen molar-refractivity contribution in [3.63, 3.8) is 0 Å². The maximum atomic E-state index is 14.2. The highest BCUT2D eigenvalue weighted by Crippen LogP contribution is 2.40. The highest BCUT2D eigenvalue weighted by molar-refractivity contribution is 8.13. The molecule has 0 aliphatic carbocycles. The molecule has 14 heteroatoms. The average Bonchev–Trinajstić information content (AvgIpc) is 2.98. The van der Waals surface area contributed by atoms with Gasteiger partial charge in [0.25, 0.3) is 5.12 Å². The van der Waals surface area contributed by atoms with E-state index in [2.05, 4.69) is 12.2 Å². The van der Waals surface area contributed by atoms with E-state index in [4.69, 9.17) is 28.4 Å². The minimum atomic E-state index is -2.08. The van der Waals surface area contributed by atoms with Crippen LogP contribution in [-0.4, -0.2) is 84.4 Å². The summed E-state index contributed by atoms with van der Waals surface area (Å²) < 4.78 is 34.6. The number of thioether (sulfide) groups is 1. The number of amides is 1. The summed E-state index contributed by atoms with van der Waals surface area (Å²) in [6.07, 6.45) is -0.459. The minimum absolute atomic E-state index is 0.0938. The summed E-state index contributed by atoms with van der Waals surface area (Å²) in [6.45, 7) is 7.39. The Bertz CT molecular complexity index is 1210. The molecule has 1 aliphatic rings. The van der Waals surface area contributed by atoms with E-state index < -0.39 is 77.8 Å². The molecule has 2 rings (SSSR count). The first-order chi connectivity index (χ1) is 22.3. The van der Waals surface area contributed by atoms with E-state index in [1.807, 2.05) is 0 Å². The first kappa shape index (κ1) is 39.7. The normalized spacial score (nSPS) is 21.9. The number of esters is 4. The molecule has 0 unspecified atom stereocenters. The van der Waals surface area contributed by atoms with Crippen LogP contribution in [0.15, 0.2) is 35.2 Å². The largest absolute Gasteiger partial charge is 0.462 e. The molecule has 1 aromatic rings. The van der Waals surface area contributed by atoms with E-state index in [1.165, 1.54) is 13.8 Å². The van der Waals surface area contributed by atoms with Crippen LogP contribution >= 0.6 is 11.8 Å². The fourth-order valence-corrected chi connectivity index (χ4v) is 6.04. The van der Waals surface area contributed by atoms with Gasteiger partial charge < -0.3 is 33.7 Å². The van der Waals surface area contributed by atoms with Crippen LogP contribution < -0.4 is 5.32 Å². The molecule has 0 bridgehead atoms. The van der Waals surface area contributed by atoms with Crippen LogP contribution in [0.1, 0.15) is 86.5 Å². The molecule has 6 atom stereocenters. The zero-order valence-corrected chi connectivity index (χ0v) is 28.8. The first-order valence-electron chi connectivity index (χ1n) is 15.8. The standard InChI is InChI=1S/C33H47NO12S/c1-7-8-9-10-11-15-18-42-33(32(40)47-26-16-13-12-14-17-26)19-27(43-23(4)37)29(34-21(2)35)31(46-33)30(45-25(6)39)28(44-24(5)38)20-41-22(3)36/h12-14,16-17,27-31H,7-11,15,18-20H2,1-6H3,(H,34,35)/t27-,28+,29+,30+,31+,33+/m0/s1. The topological polar surface area (TPSA) is 170 Å². The maximum absolute atomic E-state index is 14.2. The SMILES string of the molecule is CCCCCCCCO[C@]1(C(=O)Sc2ccccc2)C[C@H](OC(C)=O)[C@@H](NC(C)=O)[C@H]([C@H](OC(C)=O)[C@@H](COC(C)=O)OC(C)=O)O1. The van der Waals surface area contributed by atoms with Crippen molar-refractivity contribution in [2.75, 3.05) is 13.2 Å². The lowest BCUT2D eigenvalue weighted by atomic mass is 9.88. The van der Waals surface area contributed by atoms with E-state index in [1.54, 1.807) is 30.3 Å². The molecule has 1 aromatic carbocycles. The van der Waals surface area contributed by atoms with Crippen molar-refractivity contribution in [3.05, 3.63) is 30.3 Å². The lowest BCUT2D eigenvalue weighted by Crippen LogP contribution is -2.69. The third kappa shape index (κ3) is 13.6. The molecule has 1 saturated heterocycles. The molecule has 0 spiro atoms. The van der Waals surface area contributed by atoms with Crippen molar-refractivity contribution in [2.45, 2.75) is 128 Å². The Labute approximate surface area is 280 Å². The molecule has 1 amide bonds.